The summed E-state index contributed by atoms with van der Waals surface area (Å²) in [5.41, 5.74) is 1.61. The number of carbonyl (C=O) groups excluding carboxylic acids is 2. The van der Waals surface area contributed by atoms with Crippen LogP contribution in [0.5, 0.6) is 0 Å². The number of thiophene rings is 1. The molecule has 0 aliphatic rings. The van der Waals surface area contributed by atoms with Crippen molar-refractivity contribution in [1.82, 2.24) is 0 Å². The highest BCUT2D eigenvalue weighted by Crippen LogP contribution is 2.36. The first-order chi connectivity index (χ1) is 12.5. The lowest BCUT2D eigenvalue weighted by atomic mass is 9.99. The van der Waals surface area contributed by atoms with Crippen LogP contribution in [0.15, 0.2) is 36.4 Å². The fraction of sp³-hybridized carbons (Fsp3) is 0.429. The van der Waals surface area contributed by atoms with E-state index in [1.54, 1.807) is 6.92 Å². The summed E-state index contributed by atoms with van der Waals surface area (Å²) in [5.74, 6) is -0.355. The third-order valence-corrected chi connectivity index (χ3v) is 5.80. The number of nitrogens with one attached hydrogen (secondary N) is 1. The van der Waals surface area contributed by atoms with Crippen molar-refractivity contribution in [3.05, 3.63) is 52.4 Å². The topological polar surface area (TPSA) is 55.4 Å². The Hall–Kier alpha value is -2.14. The smallest absolute Gasteiger partial charge is 0.341 e. The van der Waals surface area contributed by atoms with E-state index in [-0.39, 0.29) is 17.7 Å². The van der Waals surface area contributed by atoms with Crippen molar-refractivity contribution in [2.45, 2.75) is 46.5 Å². The van der Waals surface area contributed by atoms with Gasteiger partial charge in [0.05, 0.1) is 12.2 Å². The monoisotopic (exact) mass is 373 g/mol. The van der Waals surface area contributed by atoms with Crippen molar-refractivity contribution in [3.8, 4) is 0 Å². The summed E-state index contributed by atoms with van der Waals surface area (Å²) < 4.78 is 5.18. The van der Waals surface area contributed by atoms with E-state index >= 15 is 0 Å². The minimum Gasteiger partial charge on any atom is -0.462 e. The molecule has 2 rings (SSSR count). The van der Waals surface area contributed by atoms with Crippen LogP contribution in [0.4, 0.5) is 5.00 Å². The molecule has 1 aromatic heterocycles. The molecule has 0 saturated carbocycles. The van der Waals surface area contributed by atoms with Gasteiger partial charge in [0.1, 0.15) is 5.00 Å². The molecule has 1 aromatic carbocycles. The van der Waals surface area contributed by atoms with Crippen LogP contribution in [-0.2, 0) is 9.53 Å². The number of hydrogen-bond donors (Lipinski definition) is 1. The molecule has 1 heterocycles. The second-order valence-corrected chi connectivity index (χ2v) is 7.33. The van der Waals surface area contributed by atoms with Crippen LogP contribution in [0.3, 0.4) is 0 Å². The Bertz CT molecular complexity index is 735. The molecule has 0 fully saturated rings. The van der Waals surface area contributed by atoms with Crippen LogP contribution >= 0.6 is 11.3 Å². The van der Waals surface area contributed by atoms with Crippen LogP contribution in [0, 0.1) is 5.92 Å². The lowest BCUT2D eigenvalue weighted by Gasteiger charge is -2.12. The van der Waals surface area contributed by atoms with Crippen molar-refractivity contribution in [1.29, 1.82) is 0 Å². The van der Waals surface area contributed by atoms with Gasteiger partial charge in [-0.1, -0.05) is 51.1 Å². The van der Waals surface area contributed by atoms with Gasteiger partial charge in [-0.3, -0.25) is 4.79 Å². The van der Waals surface area contributed by atoms with E-state index in [4.69, 9.17) is 4.74 Å². The lowest BCUT2D eigenvalue weighted by Crippen LogP contribution is -2.22. The largest absolute Gasteiger partial charge is 0.462 e. The quantitative estimate of drug-likeness (QED) is 0.626. The minimum atomic E-state index is -0.393. The SMILES string of the molecule is CCOC(=O)c1cc([C@H](C)c2ccccc2)sc1NC(=O)C(CC)CC. The lowest BCUT2D eigenvalue weighted by molar-refractivity contribution is -0.120. The fourth-order valence-electron chi connectivity index (χ4n) is 2.86. The predicted molar refractivity (Wildman–Crippen MR) is 107 cm³/mol. The maximum Gasteiger partial charge on any atom is 0.341 e. The zero-order chi connectivity index (χ0) is 19.1. The third-order valence-electron chi connectivity index (χ3n) is 4.57. The Morgan fingerprint density at radius 2 is 1.77 bits per heavy atom. The number of hydrogen-bond acceptors (Lipinski definition) is 4. The van der Waals surface area contributed by atoms with Crippen molar-refractivity contribution in [3.63, 3.8) is 0 Å². The molecule has 0 radical (unpaired) electrons. The molecule has 0 aliphatic heterocycles. The highest BCUT2D eigenvalue weighted by atomic mass is 32.1. The Kier molecular flexibility index (Phi) is 7.39. The zero-order valence-electron chi connectivity index (χ0n) is 15.9. The molecule has 0 aliphatic carbocycles. The molecule has 26 heavy (non-hydrogen) atoms. The second kappa shape index (κ2) is 9.53. The Balaban J connectivity index is 2.34. The van der Waals surface area contributed by atoms with E-state index in [1.807, 2.05) is 38.1 Å². The van der Waals surface area contributed by atoms with Crippen molar-refractivity contribution >= 4 is 28.2 Å². The Labute approximate surface area is 159 Å². The summed E-state index contributed by atoms with van der Waals surface area (Å²) in [6.07, 6.45) is 1.55. The van der Waals surface area contributed by atoms with Gasteiger partial charge in [0.25, 0.3) is 0 Å². The maximum atomic E-state index is 12.5. The highest BCUT2D eigenvalue weighted by Gasteiger charge is 2.23. The summed E-state index contributed by atoms with van der Waals surface area (Å²) in [4.78, 5) is 25.9. The molecule has 0 saturated heterocycles. The molecule has 1 atom stereocenters. The Morgan fingerprint density at radius 3 is 2.35 bits per heavy atom. The average molecular weight is 374 g/mol. The second-order valence-electron chi connectivity index (χ2n) is 6.25. The highest BCUT2D eigenvalue weighted by molar-refractivity contribution is 7.16. The number of carbonyl (C=O) groups is 2. The van der Waals surface area contributed by atoms with Crippen LogP contribution in [-0.4, -0.2) is 18.5 Å². The van der Waals surface area contributed by atoms with E-state index in [0.717, 1.165) is 17.7 Å². The molecular weight excluding hydrogens is 346 g/mol. The van der Waals surface area contributed by atoms with Gasteiger partial charge in [0.2, 0.25) is 5.91 Å². The van der Waals surface area contributed by atoms with Gasteiger partial charge in [0.15, 0.2) is 0 Å². The van der Waals surface area contributed by atoms with Gasteiger partial charge in [-0.05, 0) is 31.4 Å². The minimum absolute atomic E-state index is 0.0405. The van der Waals surface area contributed by atoms with Crippen LogP contribution < -0.4 is 5.32 Å². The molecule has 4 nitrogen and oxygen atoms in total. The standard InChI is InChI=1S/C21H27NO3S/c1-5-15(6-2)19(23)22-20-17(21(24)25-7-3)13-18(26-20)14(4)16-11-9-8-10-12-16/h8-15H,5-7H2,1-4H3,(H,22,23)/t14-/m1/s1. The number of ether oxygens (including phenoxy) is 1. The molecule has 0 spiro atoms. The first-order valence-corrected chi connectivity index (χ1v) is 10.00. The van der Waals surface area contributed by atoms with E-state index in [2.05, 4.69) is 24.4 Å². The Morgan fingerprint density at radius 1 is 1.12 bits per heavy atom. The molecule has 2 aromatic rings. The first kappa shape index (κ1) is 20.2. The predicted octanol–water partition coefficient (Wildman–Crippen LogP) is 5.45. The van der Waals surface area contributed by atoms with Crippen LogP contribution in [0.2, 0.25) is 0 Å². The maximum absolute atomic E-state index is 12.5. The van der Waals surface area contributed by atoms with Crippen LogP contribution in [0.1, 0.15) is 67.3 Å². The van der Waals surface area contributed by atoms with E-state index in [9.17, 15) is 9.59 Å². The van der Waals surface area contributed by atoms with E-state index < -0.39 is 5.97 Å². The van der Waals surface area contributed by atoms with Gasteiger partial charge in [-0.15, -0.1) is 11.3 Å². The molecule has 0 bridgehead atoms. The summed E-state index contributed by atoms with van der Waals surface area (Å²) in [5, 5.41) is 3.54. The normalized spacial score (nSPS) is 12.0. The number of rotatable bonds is 8. The summed E-state index contributed by atoms with van der Waals surface area (Å²) >= 11 is 1.45. The number of benzene rings is 1. The van der Waals surface area contributed by atoms with Gasteiger partial charge < -0.3 is 10.1 Å². The number of esters is 1. The van der Waals surface area contributed by atoms with Gasteiger partial charge in [0, 0.05) is 16.7 Å². The molecule has 140 valence electrons. The molecule has 1 amide bonds. The van der Waals surface area contributed by atoms with Crippen molar-refractivity contribution in [2.24, 2.45) is 5.92 Å². The van der Waals surface area contributed by atoms with Gasteiger partial charge >= 0.3 is 5.97 Å². The number of anilines is 1. The summed E-state index contributed by atoms with van der Waals surface area (Å²) in [6, 6.07) is 12.0. The van der Waals surface area contributed by atoms with Gasteiger partial charge in [-0.2, -0.15) is 0 Å². The molecule has 5 heteroatoms. The third kappa shape index (κ3) is 4.73. The zero-order valence-corrected chi connectivity index (χ0v) is 16.7. The summed E-state index contributed by atoms with van der Waals surface area (Å²) in [7, 11) is 0. The van der Waals surface area contributed by atoms with Crippen molar-refractivity contribution in [2.75, 3.05) is 11.9 Å². The van der Waals surface area contributed by atoms with E-state index in [0.29, 0.717) is 17.2 Å². The summed E-state index contributed by atoms with van der Waals surface area (Å²) in [6.45, 7) is 8.18. The average Bonchev–Trinajstić information content (AvgIpc) is 3.07. The van der Waals surface area contributed by atoms with Gasteiger partial charge in [-0.25, -0.2) is 4.79 Å². The molecule has 0 unspecified atom stereocenters. The van der Waals surface area contributed by atoms with Crippen LogP contribution in [0.25, 0.3) is 0 Å². The van der Waals surface area contributed by atoms with Crippen molar-refractivity contribution < 1.29 is 14.3 Å². The van der Waals surface area contributed by atoms with E-state index in [1.165, 1.54) is 16.9 Å². The molecular formula is C21H27NO3S. The first-order valence-electron chi connectivity index (χ1n) is 9.18. The molecule has 1 N–H and O–H groups in total. The number of amides is 1. The fourth-order valence-corrected chi connectivity index (χ4v) is 3.99.